The van der Waals surface area contributed by atoms with E-state index in [9.17, 15) is 8.78 Å². The second kappa shape index (κ2) is 6.13. The van der Waals surface area contributed by atoms with Gasteiger partial charge in [-0.15, -0.1) is 0 Å². The Labute approximate surface area is 110 Å². The van der Waals surface area contributed by atoms with Gasteiger partial charge < -0.3 is 10.5 Å². The number of hydrogen-bond donors (Lipinski definition) is 1. The highest BCUT2D eigenvalue weighted by Crippen LogP contribution is 2.27. The van der Waals surface area contributed by atoms with E-state index in [2.05, 4.69) is 4.98 Å². The molecule has 0 radical (unpaired) electrons. The van der Waals surface area contributed by atoms with Gasteiger partial charge in [-0.2, -0.15) is 4.39 Å². The largest absolute Gasteiger partial charge is 0.488 e. The third-order valence-electron chi connectivity index (χ3n) is 2.69. The van der Waals surface area contributed by atoms with E-state index in [1.165, 1.54) is 6.07 Å². The fourth-order valence-electron chi connectivity index (χ4n) is 1.69. The van der Waals surface area contributed by atoms with Gasteiger partial charge in [-0.3, -0.25) is 4.98 Å². The summed E-state index contributed by atoms with van der Waals surface area (Å²) in [5.74, 6) is -2.21. The first-order chi connectivity index (χ1) is 9.18. The molecule has 5 heteroatoms. The van der Waals surface area contributed by atoms with Crippen molar-refractivity contribution in [1.29, 1.82) is 0 Å². The van der Waals surface area contributed by atoms with Crippen molar-refractivity contribution in [1.82, 2.24) is 4.98 Å². The zero-order valence-electron chi connectivity index (χ0n) is 10.3. The summed E-state index contributed by atoms with van der Waals surface area (Å²) in [6.07, 6.45) is 4.87. The van der Waals surface area contributed by atoms with Gasteiger partial charge in [0.15, 0.2) is 11.6 Å². The Hall–Kier alpha value is -2.17. The van der Waals surface area contributed by atoms with Gasteiger partial charge in [-0.25, -0.2) is 4.39 Å². The first-order valence-electron chi connectivity index (χ1n) is 5.93. The van der Waals surface area contributed by atoms with Crippen molar-refractivity contribution in [2.24, 2.45) is 0 Å². The van der Waals surface area contributed by atoms with Gasteiger partial charge in [-0.05, 0) is 42.7 Å². The molecular formula is C14H14F2N2O. The van der Waals surface area contributed by atoms with E-state index < -0.39 is 11.6 Å². The zero-order valence-corrected chi connectivity index (χ0v) is 10.3. The lowest BCUT2D eigenvalue weighted by atomic mass is 10.1. The predicted octanol–water partition coefficient (Wildman–Crippen LogP) is 2.95. The quantitative estimate of drug-likeness (QED) is 0.667. The van der Waals surface area contributed by atoms with Crippen molar-refractivity contribution in [2.75, 3.05) is 12.3 Å². The summed E-state index contributed by atoms with van der Waals surface area (Å²) in [6.45, 7) is 0.271. The molecule has 100 valence electrons. The number of ether oxygens (including phenoxy) is 1. The van der Waals surface area contributed by atoms with Gasteiger partial charge in [0.1, 0.15) is 0 Å². The van der Waals surface area contributed by atoms with Crippen LogP contribution in [0.2, 0.25) is 0 Å². The number of anilines is 1. The molecule has 0 spiro atoms. The lowest BCUT2D eigenvalue weighted by Crippen LogP contribution is -2.05. The smallest absolute Gasteiger partial charge is 0.202 e. The minimum Gasteiger partial charge on any atom is -0.488 e. The van der Waals surface area contributed by atoms with Gasteiger partial charge in [-0.1, -0.05) is 0 Å². The van der Waals surface area contributed by atoms with Crippen LogP contribution in [0.4, 0.5) is 14.5 Å². The summed E-state index contributed by atoms with van der Waals surface area (Å²) in [7, 11) is 0. The van der Waals surface area contributed by atoms with Gasteiger partial charge in [0.2, 0.25) is 5.82 Å². The molecule has 0 fully saturated rings. The lowest BCUT2D eigenvalue weighted by Gasteiger charge is -2.10. The Kier molecular flexibility index (Phi) is 4.28. The first kappa shape index (κ1) is 13.3. The Morgan fingerprint density at radius 2 is 1.84 bits per heavy atom. The van der Waals surface area contributed by atoms with E-state index in [0.29, 0.717) is 6.42 Å². The third-order valence-corrected chi connectivity index (χ3v) is 2.69. The summed E-state index contributed by atoms with van der Waals surface area (Å²) in [5, 5.41) is 0. The highest BCUT2D eigenvalue weighted by molar-refractivity contribution is 5.53. The second-order valence-electron chi connectivity index (χ2n) is 4.09. The van der Waals surface area contributed by atoms with Crippen LogP contribution in [0.3, 0.4) is 0 Å². The molecule has 1 heterocycles. The molecule has 0 atom stereocenters. The van der Waals surface area contributed by atoms with Crippen LogP contribution < -0.4 is 10.5 Å². The number of hydrogen-bond acceptors (Lipinski definition) is 3. The zero-order chi connectivity index (χ0) is 13.7. The van der Waals surface area contributed by atoms with Crippen LogP contribution in [-0.2, 0) is 6.42 Å². The van der Waals surface area contributed by atoms with Crippen molar-refractivity contribution >= 4 is 5.69 Å². The van der Waals surface area contributed by atoms with Crippen LogP contribution in [0.1, 0.15) is 12.0 Å². The molecule has 2 N–H and O–H groups in total. The number of nitrogens with zero attached hydrogens (tertiary/aromatic N) is 1. The average molecular weight is 264 g/mol. The Bertz CT molecular complexity index is 547. The number of aromatic nitrogens is 1. The molecule has 0 aliphatic carbocycles. The molecule has 0 amide bonds. The molecule has 2 aromatic rings. The SMILES string of the molecule is Nc1ccc(F)c(F)c1OCCCc1ccncc1. The normalized spacial score (nSPS) is 10.4. The van der Waals surface area contributed by atoms with Crippen LogP contribution in [0, 0.1) is 11.6 Å². The molecule has 19 heavy (non-hydrogen) atoms. The number of nitrogen functional groups attached to an aromatic ring is 1. The minimum absolute atomic E-state index is 0.0998. The Balaban J connectivity index is 1.88. The van der Waals surface area contributed by atoms with Gasteiger partial charge in [0.05, 0.1) is 12.3 Å². The number of rotatable bonds is 5. The molecule has 3 nitrogen and oxygen atoms in total. The molecule has 1 aromatic heterocycles. The van der Waals surface area contributed by atoms with Gasteiger partial charge >= 0.3 is 0 Å². The lowest BCUT2D eigenvalue weighted by molar-refractivity contribution is 0.292. The number of nitrogens with two attached hydrogens (primary N) is 1. The average Bonchev–Trinajstić information content (AvgIpc) is 2.43. The third kappa shape index (κ3) is 3.40. The fraction of sp³-hybridized carbons (Fsp3) is 0.214. The van der Waals surface area contributed by atoms with Crippen molar-refractivity contribution in [2.45, 2.75) is 12.8 Å². The van der Waals surface area contributed by atoms with Gasteiger partial charge in [0.25, 0.3) is 0 Å². The highest BCUT2D eigenvalue weighted by atomic mass is 19.2. The molecule has 0 saturated carbocycles. The van der Waals surface area contributed by atoms with E-state index in [1.807, 2.05) is 12.1 Å². The van der Waals surface area contributed by atoms with Crippen LogP contribution >= 0.6 is 0 Å². The molecule has 1 aromatic carbocycles. The van der Waals surface area contributed by atoms with E-state index in [0.717, 1.165) is 18.1 Å². The maximum absolute atomic E-state index is 13.4. The fourth-order valence-corrected chi connectivity index (χ4v) is 1.69. The predicted molar refractivity (Wildman–Crippen MR) is 68.8 cm³/mol. The first-order valence-corrected chi connectivity index (χ1v) is 5.93. The second-order valence-corrected chi connectivity index (χ2v) is 4.09. The topological polar surface area (TPSA) is 48.1 Å². The molecule has 0 aliphatic rings. The van der Waals surface area contributed by atoms with Crippen LogP contribution in [0.25, 0.3) is 0 Å². The monoisotopic (exact) mass is 264 g/mol. The molecular weight excluding hydrogens is 250 g/mol. The van der Waals surface area contributed by atoms with Crippen molar-refractivity contribution < 1.29 is 13.5 Å². The summed E-state index contributed by atoms with van der Waals surface area (Å²) in [5.41, 5.74) is 6.76. The standard InChI is InChI=1S/C14H14F2N2O/c15-11-3-4-12(17)14(13(11)16)19-9-1-2-10-5-7-18-8-6-10/h3-8H,1-2,9,17H2. The van der Waals surface area contributed by atoms with Crippen molar-refractivity contribution in [3.05, 3.63) is 53.9 Å². The molecule has 0 saturated heterocycles. The van der Waals surface area contributed by atoms with E-state index in [-0.39, 0.29) is 18.0 Å². The summed E-state index contributed by atoms with van der Waals surface area (Å²) < 4.78 is 31.7. The number of aryl methyl sites for hydroxylation is 1. The number of halogens is 2. The summed E-state index contributed by atoms with van der Waals surface area (Å²) in [4.78, 5) is 3.92. The summed E-state index contributed by atoms with van der Waals surface area (Å²) in [6, 6.07) is 6.07. The van der Waals surface area contributed by atoms with Gasteiger partial charge in [0, 0.05) is 12.4 Å². The van der Waals surface area contributed by atoms with Crippen LogP contribution in [-0.4, -0.2) is 11.6 Å². The molecule has 0 unspecified atom stereocenters. The maximum atomic E-state index is 13.4. The highest BCUT2D eigenvalue weighted by Gasteiger charge is 2.12. The van der Waals surface area contributed by atoms with E-state index in [1.54, 1.807) is 12.4 Å². The number of benzene rings is 1. The Morgan fingerprint density at radius 1 is 1.11 bits per heavy atom. The van der Waals surface area contributed by atoms with Crippen LogP contribution in [0.15, 0.2) is 36.7 Å². The molecule has 0 bridgehead atoms. The van der Waals surface area contributed by atoms with Crippen molar-refractivity contribution in [3.63, 3.8) is 0 Å². The summed E-state index contributed by atoms with van der Waals surface area (Å²) >= 11 is 0. The van der Waals surface area contributed by atoms with E-state index in [4.69, 9.17) is 10.5 Å². The van der Waals surface area contributed by atoms with Crippen molar-refractivity contribution in [3.8, 4) is 5.75 Å². The molecule has 2 rings (SSSR count). The molecule has 0 aliphatic heterocycles. The van der Waals surface area contributed by atoms with Crippen LogP contribution in [0.5, 0.6) is 5.75 Å². The Morgan fingerprint density at radius 3 is 2.58 bits per heavy atom. The minimum atomic E-state index is -1.04. The van der Waals surface area contributed by atoms with E-state index >= 15 is 0 Å². The maximum Gasteiger partial charge on any atom is 0.202 e. The number of pyridine rings is 1.